The maximum Gasteiger partial charge on any atom is 0.223 e. The van der Waals surface area contributed by atoms with Crippen LogP contribution in [0.25, 0.3) is 0 Å². The molecular weight excluding hydrogens is 244 g/mol. The van der Waals surface area contributed by atoms with E-state index in [1.807, 2.05) is 6.92 Å². The van der Waals surface area contributed by atoms with Gasteiger partial charge in [0.05, 0.1) is 19.3 Å². The zero-order valence-corrected chi connectivity index (χ0v) is 11.8. The van der Waals surface area contributed by atoms with Gasteiger partial charge in [0.15, 0.2) is 0 Å². The number of hydrogen-bond acceptors (Lipinski definition) is 4. The second-order valence-electron chi connectivity index (χ2n) is 5.85. The highest BCUT2D eigenvalue weighted by Gasteiger charge is 2.26. The largest absolute Gasteiger partial charge is 0.379 e. The molecule has 3 N–H and O–H groups in total. The van der Waals surface area contributed by atoms with E-state index in [0.717, 1.165) is 38.7 Å². The van der Waals surface area contributed by atoms with Crippen LogP contribution in [-0.2, 0) is 14.3 Å². The fourth-order valence-corrected chi connectivity index (χ4v) is 2.79. The SMILES string of the molecule is CC(COC1CCOC1)NC(=O)C1CCCC(N)C1. The van der Waals surface area contributed by atoms with Crippen LogP contribution in [0.3, 0.4) is 0 Å². The molecule has 4 unspecified atom stereocenters. The number of nitrogens with two attached hydrogens (primary N) is 1. The smallest absolute Gasteiger partial charge is 0.223 e. The van der Waals surface area contributed by atoms with Gasteiger partial charge in [-0.15, -0.1) is 0 Å². The third-order valence-corrected chi connectivity index (χ3v) is 3.94. The predicted molar refractivity (Wildman–Crippen MR) is 72.7 cm³/mol. The molecule has 0 aromatic rings. The van der Waals surface area contributed by atoms with E-state index in [0.29, 0.717) is 13.2 Å². The maximum atomic E-state index is 12.1. The molecular formula is C14H26N2O3. The molecule has 1 aliphatic heterocycles. The minimum atomic E-state index is 0.0475. The lowest BCUT2D eigenvalue weighted by Crippen LogP contribution is -2.43. The second-order valence-corrected chi connectivity index (χ2v) is 5.85. The van der Waals surface area contributed by atoms with Gasteiger partial charge >= 0.3 is 0 Å². The van der Waals surface area contributed by atoms with Crippen molar-refractivity contribution in [2.45, 2.75) is 57.2 Å². The van der Waals surface area contributed by atoms with Crippen molar-refractivity contribution in [3.8, 4) is 0 Å². The zero-order chi connectivity index (χ0) is 13.7. The summed E-state index contributed by atoms with van der Waals surface area (Å²) in [6.07, 6.45) is 5.04. The van der Waals surface area contributed by atoms with Gasteiger partial charge in [-0.05, 0) is 32.6 Å². The van der Waals surface area contributed by atoms with Crippen molar-refractivity contribution in [3.63, 3.8) is 0 Å². The number of carbonyl (C=O) groups is 1. The summed E-state index contributed by atoms with van der Waals surface area (Å²) in [4.78, 5) is 12.1. The average molecular weight is 270 g/mol. The number of carbonyl (C=O) groups excluding carboxylic acids is 1. The average Bonchev–Trinajstić information content (AvgIpc) is 2.89. The number of amides is 1. The molecule has 1 amide bonds. The Labute approximate surface area is 115 Å². The summed E-state index contributed by atoms with van der Waals surface area (Å²) in [5.41, 5.74) is 5.92. The number of rotatable bonds is 5. The van der Waals surface area contributed by atoms with Crippen LogP contribution in [0.5, 0.6) is 0 Å². The molecule has 5 heteroatoms. The first-order chi connectivity index (χ1) is 9.15. The standard InChI is InChI=1S/C14H26N2O3/c1-10(8-19-13-5-6-18-9-13)16-14(17)11-3-2-4-12(15)7-11/h10-13H,2-9,15H2,1H3,(H,16,17). The number of hydrogen-bond donors (Lipinski definition) is 2. The Morgan fingerprint density at radius 1 is 1.47 bits per heavy atom. The third-order valence-electron chi connectivity index (χ3n) is 3.94. The molecule has 1 saturated carbocycles. The fraction of sp³-hybridized carbons (Fsp3) is 0.929. The van der Waals surface area contributed by atoms with Crippen LogP contribution in [-0.4, -0.2) is 43.9 Å². The van der Waals surface area contributed by atoms with Crippen molar-refractivity contribution in [1.82, 2.24) is 5.32 Å². The van der Waals surface area contributed by atoms with Gasteiger partial charge in [0.1, 0.15) is 0 Å². The van der Waals surface area contributed by atoms with Gasteiger partial charge in [-0.1, -0.05) is 6.42 Å². The van der Waals surface area contributed by atoms with Crippen LogP contribution in [0.15, 0.2) is 0 Å². The monoisotopic (exact) mass is 270 g/mol. The molecule has 0 radical (unpaired) electrons. The van der Waals surface area contributed by atoms with E-state index >= 15 is 0 Å². The van der Waals surface area contributed by atoms with Gasteiger partial charge in [0.25, 0.3) is 0 Å². The number of nitrogens with one attached hydrogen (secondary N) is 1. The molecule has 0 bridgehead atoms. The van der Waals surface area contributed by atoms with Gasteiger partial charge in [-0.3, -0.25) is 4.79 Å². The van der Waals surface area contributed by atoms with Gasteiger partial charge in [-0.2, -0.15) is 0 Å². The van der Waals surface area contributed by atoms with E-state index < -0.39 is 0 Å². The Morgan fingerprint density at radius 3 is 3.00 bits per heavy atom. The van der Waals surface area contributed by atoms with E-state index in [9.17, 15) is 4.79 Å². The predicted octanol–water partition coefficient (Wildman–Crippen LogP) is 0.814. The Kier molecular flexibility index (Phi) is 5.60. The fourth-order valence-electron chi connectivity index (χ4n) is 2.79. The molecule has 0 aromatic heterocycles. The zero-order valence-electron chi connectivity index (χ0n) is 11.8. The van der Waals surface area contributed by atoms with Crippen LogP contribution in [0.2, 0.25) is 0 Å². The lowest BCUT2D eigenvalue weighted by Gasteiger charge is -2.27. The summed E-state index contributed by atoms with van der Waals surface area (Å²) < 4.78 is 11.0. The van der Waals surface area contributed by atoms with Gasteiger partial charge in [-0.25, -0.2) is 0 Å². The van der Waals surface area contributed by atoms with Crippen molar-refractivity contribution in [1.29, 1.82) is 0 Å². The number of ether oxygens (including phenoxy) is 2. The highest BCUT2D eigenvalue weighted by molar-refractivity contribution is 5.79. The summed E-state index contributed by atoms with van der Waals surface area (Å²) in [7, 11) is 0. The van der Waals surface area contributed by atoms with E-state index in [-0.39, 0.29) is 30.0 Å². The van der Waals surface area contributed by atoms with Crippen LogP contribution < -0.4 is 11.1 Å². The summed E-state index contributed by atoms with van der Waals surface area (Å²) in [5, 5.41) is 3.03. The Hall–Kier alpha value is -0.650. The first-order valence-electron chi connectivity index (χ1n) is 7.40. The summed E-state index contributed by atoms with van der Waals surface area (Å²) in [5.74, 6) is 0.218. The maximum absolute atomic E-state index is 12.1. The molecule has 110 valence electrons. The molecule has 0 aromatic carbocycles. The van der Waals surface area contributed by atoms with Crippen LogP contribution >= 0.6 is 0 Å². The van der Waals surface area contributed by atoms with E-state index in [2.05, 4.69) is 5.32 Å². The molecule has 1 aliphatic carbocycles. The minimum Gasteiger partial charge on any atom is -0.379 e. The van der Waals surface area contributed by atoms with Crippen molar-refractivity contribution in [2.24, 2.45) is 11.7 Å². The molecule has 5 nitrogen and oxygen atoms in total. The van der Waals surface area contributed by atoms with E-state index in [1.165, 1.54) is 0 Å². The molecule has 1 saturated heterocycles. The Morgan fingerprint density at radius 2 is 2.32 bits per heavy atom. The van der Waals surface area contributed by atoms with Crippen molar-refractivity contribution in [3.05, 3.63) is 0 Å². The van der Waals surface area contributed by atoms with Gasteiger partial charge in [0.2, 0.25) is 5.91 Å². The van der Waals surface area contributed by atoms with Crippen LogP contribution in [0.1, 0.15) is 39.0 Å². The quantitative estimate of drug-likeness (QED) is 0.775. The van der Waals surface area contributed by atoms with Gasteiger partial charge < -0.3 is 20.5 Å². The van der Waals surface area contributed by atoms with Crippen molar-refractivity contribution >= 4 is 5.91 Å². The Balaban J connectivity index is 1.65. The molecule has 2 aliphatic rings. The summed E-state index contributed by atoms with van der Waals surface area (Å²) >= 11 is 0. The highest BCUT2D eigenvalue weighted by Crippen LogP contribution is 2.23. The molecule has 4 atom stereocenters. The molecule has 2 fully saturated rings. The van der Waals surface area contributed by atoms with E-state index in [1.54, 1.807) is 0 Å². The molecule has 19 heavy (non-hydrogen) atoms. The van der Waals surface area contributed by atoms with Crippen LogP contribution in [0, 0.1) is 5.92 Å². The normalized spacial score (nSPS) is 33.1. The Bertz CT molecular complexity index is 292. The first kappa shape index (κ1) is 14.8. The highest BCUT2D eigenvalue weighted by atomic mass is 16.5. The van der Waals surface area contributed by atoms with Crippen molar-refractivity contribution in [2.75, 3.05) is 19.8 Å². The molecule has 0 spiro atoms. The topological polar surface area (TPSA) is 73.6 Å². The molecule has 1 heterocycles. The second kappa shape index (κ2) is 7.22. The minimum absolute atomic E-state index is 0.0475. The van der Waals surface area contributed by atoms with Gasteiger partial charge in [0, 0.05) is 24.6 Å². The summed E-state index contributed by atoms with van der Waals surface area (Å²) in [6, 6.07) is 0.234. The lowest BCUT2D eigenvalue weighted by atomic mass is 9.85. The molecule has 2 rings (SSSR count). The van der Waals surface area contributed by atoms with Crippen LogP contribution in [0.4, 0.5) is 0 Å². The van der Waals surface area contributed by atoms with Crippen molar-refractivity contribution < 1.29 is 14.3 Å². The summed E-state index contributed by atoms with van der Waals surface area (Å²) in [6.45, 7) is 4.00. The lowest BCUT2D eigenvalue weighted by molar-refractivity contribution is -0.127. The third kappa shape index (κ3) is 4.75. The first-order valence-corrected chi connectivity index (χ1v) is 7.40. The van der Waals surface area contributed by atoms with E-state index in [4.69, 9.17) is 15.2 Å².